The molecule has 1 aromatic carbocycles. The smallest absolute Gasteiger partial charge is 0.243 e. The number of aliphatic imine (C=N–C) groups is 1. The number of benzene rings is 1. The van der Waals surface area contributed by atoms with E-state index in [1.54, 1.807) is 19.0 Å². The van der Waals surface area contributed by atoms with Gasteiger partial charge in [-0.15, -0.1) is 24.0 Å². The van der Waals surface area contributed by atoms with Crippen LogP contribution in [0.1, 0.15) is 32.1 Å². The van der Waals surface area contributed by atoms with Crippen molar-refractivity contribution in [3.63, 3.8) is 0 Å². The van der Waals surface area contributed by atoms with Crippen molar-refractivity contribution < 1.29 is 13.6 Å². The summed E-state index contributed by atoms with van der Waals surface area (Å²) in [6.07, 6.45) is 5.71. The van der Waals surface area contributed by atoms with Crippen molar-refractivity contribution in [2.45, 2.75) is 44.2 Å². The Hall–Kier alpha value is -1.65. The van der Waals surface area contributed by atoms with Crippen LogP contribution in [-0.2, 0) is 4.79 Å². The molecule has 3 fully saturated rings. The molecule has 3 aliphatic rings. The Morgan fingerprint density at radius 1 is 1.16 bits per heavy atom. The molecule has 2 aliphatic carbocycles. The molecule has 2 saturated carbocycles. The van der Waals surface area contributed by atoms with Crippen LogP contribution in [0.25, 0.3) is 0 Å². The second kappa shape index (κ2) is 10.3. The van der Waals surface area contributed by atoms with Crippen molar-refractivity contribution in [3.8, 4) is 0 Å². The minimum absolute atomic E-state index is 0. The van der Waals surface area contributed by atoms with Gasteiger partial charge in [0.05, 0.1) is 0 Å². The van der Waals surface area contributed by atoms with Gasteiger partial charge in [0.25, 0.3) is 0 Å². The molecule has 1 aromatic rings. The molecular formula is C22H32F2IN5O. The highest BCUT2D eigenvalue weighted by Gasteiger charge is 2.40. The third kappa shape index (κ3) is 5.59. The topological polar surface area (TPSA) is 60.0 Å². The molecule has 1 heterocycles. The Bertz CT molecular complexity index is 801. The molecule has 31 heavy (non-hydrogen) atoms. The highest BCUT2D eigenvalue weighted by atomic mass is 127. The van der Waals surface area contributed by atoms with E-state index < -0.39 is 11.6 Å². The summed E-state index contributed by atoms with van der Waals surface area (Å²) in [5.41, 5.74) is 0.0316. The van der Waals surface area contributed by atoms with Crippen LogP contribution in [0.15, 0.2) is 23.2 Å². The number of carbonyl (C=O) groups excluding carboxylic acids is 1. The third-order valence-corrected chi connectivity index (χ3v) is 6.71. The molecule has 4 rings (SSSR count). The van der Waals surface area contributed by atoms with E-state index in [1.807, 2.05) is 0 Å². The second-order valence-electron chi connectivity index (χ2n) is 9.02. The van der Waals surface area contributed by atoms with Crippen LogP contribution < -0.4 is 15.5 Å². The summed E-state index contributed by atoms with van der Waals surface area (Å²) >= 11 is 0. The zero-order chi connectivity index (χ0) is 21.3. The number of hydrogen-bond donors (Lipinski definition) is 2. The Kier molecular flexibility index (Phi) is 7.98. The summed E-state index contributed by atoms with van der Waals surface area (Å²) in [4.78, 5) is 19.8. The molecule has 2 N–H and O–H groups in total. The fraction of sp³-hybridized carbons (Fsp3) is 0.636. The number of anilines is 1. The monoisotopic (exact) mass is 547 g/mol. The molecule has 6 nitrogen and oxygen atoms in total. The molecule has 4 unspecified atom stereocenters. The minimum Gasteiger partial charge on any atom is -0.365 e. The second-order valence-corrected chi connectivity index (χ2v) is 9.02. The summed E-state index contributed by atoms with van der Waals surface area (Å²) in [5, 5.41) is 6.96. The van der Waals surface area contributed by atoms with Gasteiger partial charge in [0, 0.05) is 39.3 Å². The van der Waals surface area contributed by atoms with Crippen molar-refractivity contribution in [3.05, 3.63) is 29.8 Å². The van der Waals surface area contributed by atoms with Crippen LogP contribution in [0.2, 0.25) is 0 Å². The van der Waals surface area contributed by atoms with E-state index in [0.29, 0.717) is 31.0 Å². The molecule has 0 radical (unpaired) electrons. The van der Waals surface area contributed by atoms with E-state index in [4.69, 9.17) is 0 Å². The zero-order valence-corrected chi connectivity index (χ0v) is 20.4. The van der Waals surface area contributed by atoms with Gasteiger partial charge in [-0.2, -0.15) is 0 Å². The number of carbonyl (C=O) groups is 1. The van der Waals surface area contributed by atoms with E-state index in [0.717, 1.165) is 18.8 Å². The lowest BCUT2D eigenvalue weighted by Gasteiger charge is -2.27. The molecule has 0 aromatic heterocycles. The van der Waals surface area contributed by atoms with Crippen molar-refractivity contribution in [1.82, 2.24) is 15.5 Å². The van der Waals surface area contributed by atoms with Gasteiger partial charge in [0.2, 0.25) is 5.91 Å². The molecule has 9 heteroatoms. The first-order valence-corrected chi connectivity index (χ1v) is 10.9. The summed E-state index contributed by atoms with van der Waals surface area (Å²) in [6, 6.07) is 4.34. The molecule has 1 aliphatic heterocycles. The summed E-state index contributed by atoms with van der Waals surface area (Å²) in [7, 11) is 3.43. The maximum atomic E-state index is 14.2. The number of nitrogens with one attached hydrogen (secondary N) is 2. The van der Waals surface area contributed by atoms with Gasteiger partial charge in [0.15, 0.2) is 5.96 Å². The average molecular weight is 547 g/mol. The molecular weight excluding hydrogens is 515 g/mol. The molecule has 172 valence electrons. The number of amides is 1. The molecule has 1 amide bonds. The number of halogens is 3. The largest absolute Gasteiger partial charge is 0.365 e. The average Bonchev–Trinajstić information content (AvgIpc) is 3.43. The number of guanidine groups is 1. The van der Waals surface area contributed by atoms with Crippen molar-refractivity contribution in [1.29, 1.82) is 0 Å². The first-order chi connectivity index (χ1) is 14.4. The first-order valence-electron chi connectivity index (χ1n) is 10.9. The fourth-order valence-electron chi connectivity index (χ4n) is 5.08. The number of fused-ring (bicyclic) bond motifs is 2. The number of nitrogens with zero attached hydrogens (tertiary/aromatic N) is 3. The number of rotatable bonds is 5. The lowest BCUT2D eigenvalue weighted by Crippen LogP contribution is -2.50. The first kappa shape index (κ1) is 24.0. The van der Waals surface area contributed by atoms with Gasteiger partial charge in [-0.25, -0.2) is 13.8 Å². The Balaban J connectivity index is 0.00000272. The van der Waals surface area contributed by atoms with E-state index in [9.17, 15) is 13.6 Å². The van der Waals surface area contributed by atoms with Gasteiger partial charge in [-0.05, 0) is 49.7 Å². The minimum atomic E-state index is -0.541. The maximum Gasteiger partial charge on any atom is 0.243 e. The lowest BCUT2D eigenvalue weighted by atomic mass is 9.95. The van der Waals surface area contributed by atoms with Gasteiger partial charge >= 0.3 is 0 Å². The predicted molar refractivity (Wildman–Crippen MR) is 129 cm³/mol. The van der Waals surface area contributed by atoms with Crippen LogP contribution in [0.5, 0.6) is 0 Å². The zero-order valence-electron chi connectivity index (χ0n) is 18.1. The predicted octanol–water partition coefficient (Wildman–Crippen LogP) is 2.97. The molecule has 2 bridgehead atoms. The maximum absolute atomic E-state index is 14.2. The number of para-hydroxylation sites is 1. The normalized spacial score (nSPS) is 27.2. The summed E-state index contributed by atoms with van der Waals surface area (Å²) < 4.78 is 28.3. The summed E-state index contributed by atoms with van der Waals surface area (Å²) in [5.74, 6) is 0.943. The standard InChI is InChI=1S/C22H31F2N5O.HI/c1-28(2)20(30)12-25-22(27-19-11-14-6-7-15(19)10-14)26-16-8-9-29(13-16)21-17(23)4-3-5-18(21)24;/h3-5,14-16,19H,6-13H2,1-2H3,(H2,25,26,27);1H. The van der Waals surface area contributed by atoms with Crippen molar-refractivity contribution in [2.24, 2.45) is 16.8 Å². The highest BCUT2D eigenvalue weighted by molar-refractivity contribution is 14.0. The Morgan fingerprint density at radius 3 is 2.52 bits per heavy atom. The number of likely N-dealkylation sites (N-methyl/N-ethyl adjacent to an activating group) is 1. The molecule has 1 saturated heterocycles. The van der Waals surface area contributed by atoms with Crippen LogP contribution in [0.3, 0.4) is 0 Å². The van der Waals surface area contributed by atoms with E-state index >= 15 is 0 Å². The van der Waals surface area contributed by atoms with Crippen LogP contribution in [0.4, 0.5) is 14.5 Å². The van der Waals surface area contributed by atoms with Crippen LogP contribution in [-0.4, -0.2) is 62.6 Å². The third-order valence-electron chi connectivity index (χ3n) is 6.71. The fourth-order valence-corrected chi connectivity index (χ4v) is 5.08. The van der Waals surface area contributed by atoms with E-state index in [1.165, 1.54) is 42.4 Å². The van der Waals surface area contributed by atoms with Crippen molar-refractivity contribution >= 4 is 41.5 Å². The Morgan fingerprint density at radius 2 is 1.90 bits per heavy atom. The van der Waals surface area contributed by atoms with E-state index in [-0.39, 0.29) is 48.2 Å². The van der Waals surface area contributed by atoms with Crippen LogP contribution in [0, 0.1) is 23.5 Å². The highest BCUT2D eigenvalue weighted by Crippen LogP contribution is 2.44. The molecule has 0 spiro atoms. The van der Waals surface area contributed by atoms with Crippen LogP contribution >= 0.6 is 24.0 Å². The van der Waals surface area contributed by atoms with Gasteiger partial charge < -0.3 is 20.4 Å². The number of hydrogen-bond acceptors (Lipinski definition) is 3. The quantitative estimate of drug-likeness (QED) is 0.338. The van der Waals surface area contributed by atoms with E-state index in [2.05, 4.69) is 15.6 Å². The molecule has 4 atom stereocenters. The summed E-state index contributed by atoms with van der Waals surface area (Å²) in [6.45, 7) is 1.12. The lowest BCUT2D eigenvalue weighted by molar-refractivity contribution is -0.127. The van der Waals surface area contributed by atoms with Crippen molar-refractivity contribution in [2.75, 3.05) is 38.6 Å². The Labute approximate surface area is 199 Å². The van der Waals surface area contributed by atoms with Gasteiger partial charge in [-0.1, -0.05) is 12.5 Å². The van der Waals surface area contributed by atoms with Gasteiger partial charge in [0.1, 0.15) is 23.9 Å². The van der Waals surface area contributed by atoms with Gasteiger partial charge in [-0.3, -0.25) is 4.79 Å². The SMILES string of the molecule is CN(C)C(=O)CN=C(NC1CCN(c2c(F)cccc2F)C1)NC1CC2CCC1C2.I.